The van der Waals surface area contributed by atoms with Crippen molar-refractivity contribution in [1.29, 1.82) is 0 Å². The molecule has 1 amide bonds. The van der Waals surface area contributed by atoms with Crippen LogP contribution in [0.15, 0.2) is 53.4 Å². The summed E-state index contributed by atoms with van der Waals surface area (Å²) in [5.74, 6) is 0.129. The van der Waals surface area contributed by atoms with Crippen molar-refractivity contribution in [2.45, 2.75) is 10.6 Å². The van der Waals surface area contributed by atoms with E-state index in [4.69, 9.17) is 0 Å². The second kappa shape index (κ2) is 4.61. The molecule has 1 saturated heterocycles. The first-order valence-corrected chi connectivity index (χ1v) is 8.31. The number of amides is 1. The summed E-state index contributed by atoms with van der Waals surface area (Å²) in [7, 11) is 0. The van der Waals surface area contributed by atoms with Gasteiger partial charge in [0.2, 0.25) is 0 Å². The highest BCUT2D eigenvalue weighted by Gasteiger charge is 2.53. The molecule has 4 rings (SSSR count). The van der Waals surface area contributed by atoms with Gasteiger partial charge in [-0.05, 0) is 30.0 Å². The molecule has 21 heavy (non-hydrogen) atoms. The molecule has 106 valence electrons. The van der Waals surface area contributed by atoms with Crippen LogP contribution in [-0.2, 0) is 5.66 Å². The van der Waals surface area contributed by atoms with E-state index in [1.54, 1.807) is 11.8 Å². The van der Waals surface area contributed by atoms with Gasteiger partial charge in [0.15, 0.2) is 0 Å². The highest BCUT2D eigenvalue weighted by Crippen LogP contribution is 2.44. The minimum absolute atomic E-state index is 0.129. The van der Waals surface area contributed by atoms with Gasteiger partial charge >= 0.3 is 0 Å². The fraction of sp³-hybridized carbons (Fsp3) is 0.235. The molecule has 2 aromatic carbocycles. The first-order chi connectivity index (χ1) is 10.3. The monoisotopic (exact) mass is 296 g/mol. The highest BCUT2D eigenvalue weighted by atomic mass is 32.2. The summed E-state index contributed by atoms with van der Waals surface area (Å²) in [6, 6.07) is 16.4. The van der Waals surface area contributed by atoms with Gasteiger partial charge in [0.05, 0.1) is 0 Å². The maximum Gasteiger partial charge on any atom is 0.256 e. The van der Waals surface area contributed by atoms with Crippen LogP contribution < -0.4 is 5.32 Å². The minimum Gasteiger partial charge on any atom is -0.311 e. The van der Waals surface area contributed by atoms with Crippen molar-refractivity contribution in [3.8, 4) is 0 Å². The Morgan fingerprint density at radius 2 is 1.90 bits per heavy atom. The average molecular weight is 296 g/mol. The molecule has 0 bridgehead atoms. The molecule has 2 aliphatic heterocycles. The Morgan fingerprint density at radius 1 is 1.14 bits per heavy atom. The van der Waals surface area contributed by atoms with Crippen LogP contribution in [0.3, 0.4) is 0 Å². The number of hydrogen-bond acceptors (Lipinski definition) is 3. The number of carbonyl (C=O) groups excluding carboxylic acids is 1. The van der Waals surface area contributed by atoms with Crippen molar-refractivity contribution in [3.05, 3.63) is 65.2 Å². The Morgan fingerprint density at radius 3 is 2.67 bits per heavy atom. The van der Waals surface area contributed by atoms with Gasteiger partial charge in [-0.3, -0.25) is 10.1 Å². The Kier molecular flexibility index (Phi) is 2.84. The van der Waals surface area contributed by atoms with Gasteiger partial charge in [-0.25, -0.2) is 0 Å². The molecule has 0 spiro atoms. The molecule has 1 fully saturated rings. The van der Waals surface area contributed by atoms with Crippen molar-refractivity contribution in [3.63, 3.8) is 0 Å². The van der Waals surface area contributed by atoms with E-state index >= 15 is 0 Å². The Bertz CT molecular complexity index is 713. The standard InChI is InChI=1S/C17H16N2OS/c1-21-13-8-6-12(7-9-13)17-15-5-3-2-4-14(15)16(20)19(17)11-10-18-17/h2-9,18H,10-11H2,1H3. The number of thioether (sulfide) groups is 1. The summed E-state index contributed by atoms with van der Waals surface area (Å²) < 4.78 is 0. The van der Waals surface area contributed by atoms with E-state index in [0.29, 0.717) is 0 Å². The molecule has 1 unspecified atom stereocenters. The van der Waals surface area contributed by atoms with Crippen LogP contribution in [0, 0.1) is 0 Å². The molecule has 0 aliphatic carbocycles. The molecule has 2 aliphatic rings. The lowest BCUT2D eigenvalue weighted by Crippen LogP contribution is -2.46. The second-order valence-corrected chi connectivity index (χ2v) is 6.25. The van der Waals surface area contributed by atoms with Gasteiger partial charge in [-0.1, -0.05) is 30.3 Å². The van der Waals surface area contributed by atoms with Crippen LogP contribution in [0.25, 0.3) is 0 Å². The zero-order chi connectivity index (χ0) is 14.4. The number of rotatable bonds is 2. The fourth-order valence-corrected chi connectivity index (χ4v) is 3.89. The van der Waals surface area contributed by atoms with E-state index in [2.05, 4.69) is 41.9 Å². The van der Waals surface area contributed by atoms with Gasteiger partial charge in [-0.2, -0.15) is 0 Å². The number of nitrogens with zero attached hydrogens (tertiary/aromatic N) is 1. The lowest BCUT2D eigenvalue weighted by Gasteiger charge is -2.33. The van der Waals surface area contributed by atoms with E-state index in [9.17, 15) is 4.79 Å². The summed E-state index contributed by atoms with van der Waals surface area (Å²) in [5, 5.41) is 3.57. The quantitative estimate of drug-likeness (QED) is 0.865. The maximum atomic E-state index is 12.7. The smallest absolute Gasteiger partial charge is 0.256 e. The van der Waals surface area contributed by atoms with E-state index < -0.39 is 5.66 Å². The lowest BCUT2D eigenvalue weighted by molar-refractivity contribution is 0.0694. The molecule has 0 radical (unpaired) electrons. The molecular formula is C17H16N2OS. The van der Waals surface area contributed by atoms with Crippen LogP contribution in [-0.4, -0.2) is 30.2 Å². The lowest BCUT2D eigenvalue weighted by atomic mass is 9.91. The molecule has 0 saturated carbocycles. The van der Waals surface area contributed by atoms with E-state index in [0.717, 1.165) is 29.8 Å². The van der Waals surface area contributed by atoms with Crippen LogP contribution in [0.5, 0.6) is 0 Å². The summed E-state index contributed by atoms with van der Waals surface area (Å²) in [5.41, 5.74) is 2.55. The predicted molar refractivity (Wildman–Crippen MR) is 84.5 cm³/mol. The number of nitrogens with one attached hydrogen (secondary N) is 1. The highest BCUT2D eigenvalue weighted by molar-refractivity contribution is 7.98. The number of hydrogen-bond donors (Lipinski definition) is 1. The van der Waals surface area contributed by atoms with Gasteiger partial charge in [0.25, 0.3) is 5.91 Å². The van der Waals surface area contributed by atoms with Crippen molar-refractivity contribution >= 4 is 17.7 Å². The first kappa shape index (κ1) is 12.9. The van der Waals surface area contributed by atoms with E-state index in [1.165, 1.54) is 4.90 Å². The molecular weight excluding hydrogens is 280 g/mol. The average Bonchev–Trinajstić information content (AvgIpc) is 3.08. The molecule has 0 aromatic heterocycles. The molecule has 2 aromatic rings. The minimum atomic E-state index is -0.482. The summed E-state index contributed by atoms with van der Waals surface area (Å²) in [4.78, 5) is 15.9. The fourth-order valence-electron chi connectivity index (χ4n) is 3.48. The second-order valence-electron chi connectivity index (χ2n) is 5.37. The molecule has 1 N–H and O–H groups in total. The SMILES string of the molecule is CSc1ccc(C23NCCN2C(=O)c2ccccc23)cc1. The van der Waals surface area contributed by atoms with E-state index in [1.807, 2.05) is 23.1 Å². The van der Waals surface area contributed by atoms with Crippen LogP contribution >= 0.6 is 11.8 Å². The van der Waals surface area contributed by atoms with Crippen molar-refractivity contribution in [1.82, 2.24) is 10.2 Å². The third-order valence-corrected chi connectivity index (χ3v) is 5.16. The summed E-state index contributed by atoms with van der Waals surface area (Å²) in [6.45, 7) is 1.57. The van der Waals surface area contributed by atoms with Crippen LogP contribution in [0.1, 0.15) is 21.5 Å². The maximum absolute atomic E-state index is 12.7. The van der Waals surface area contributed by atoms with Gasteiger partial charge < -0.3 is 4.90 Å². The summed E-state index contributed by atoms with van der Waals surface area (Å²) >= 11 is 1.73. The van der Waals surface area contributed by atoms with Gasteiger partial charge in [0, 0.05) is 29.1 Å². The Balaban J connectivity index is 1.93. The van der Waals surface area contributed by atoms with Crippen molar-refractivity contribution < 1.29 is 4.79 Å². The van der Waals surface area contributed by atoms with Gasteiger partial charge in [0.1, 0.15) is 5.66 Å². The third-order valence-electron chi connectivity index (χ3n) is 4.42. The van der Waals surface area contributed by atoms with Gasteiger partial charge in [-0.15, -0.1) is 11.8 Å². The zero-order valence-corrected chi connectivity index (χ0v) is 12.6. The zero-order valence-electron chi connectivity index (χ0n) is 11.8. The third kappa shape index (κ3) is 1.63. The topological polar surface area (TPSA) is 32.3 Å². The van der Waals surface area contributed by atoms with Crippen LogP contribution in [0.4, 0.5) is 0 Å². The largest absolute Gasteiger partial charge is 0.311 e. The predicted octanol–water partition coefficient (Wildman–Crippen LogP) is 2.67. The van der Waals surface area contributed by atoms with Crippen LogP contribution in [0.2, 0.25) is 0 Å². The molecule has 2 heterocycles. The number of carbonyl (C=O) groups is 1. The first-order valence-electron chi connectivity index (χ1n) is 7.08. The Labute approximate surface area is 128 Å². The summed E-state index contributed by atoms with van der Waals surface area (Å²) in [6.07, 6.45) is 2.07. The molecule has 3 nitrogen and oxygen atoms in total. The molecule has 4 heteroatoms. The number of benzene rings is 2. The van der Waals surface area contributed by atoms with E-state index in [-0.39, 0.29) is 5.91 Å². The van der Waals surface area contributed by atoms with Crippen molar-refractivity contribution in [2.75, 3.05) is 19.3 Å². The Hall–Kier alpha value is -1.78. The number of fused-ring (bicyclic) bond motifs is 3. The normalized spacial score (nSPS) is 23.3. The molecule has 1 atom stereocenters. The van der Waals surface area contributed by atoms with Crippen molar-refractivity contribution in [2.24, 2.45) is 0 Å².